The SMILES string of the molecule is Nc1ccc(CN2CCN(CC(=O)[O-])CCN(CC(=O)[O-])CCN(CC(=O)[O-])CC2)cc1.[Tm+3]. The van der Waals surface area contributed by atoms with E-state index in [1.807, 2.05) is 24.3 Å². The third-order valence-electron chi connectivity index (χ3n) is 5.37. The van der Waals surface area contributed by atoms with Crippen LogP contribution in [0.5, 0.6) is 0 Å². The molecule has 0 aromatic heterocycles. The first-order chi connectivity index (χ1) is 15.2. The van der Waals surface area contributed by atoms with Gasteiger partial charge in [-0.2, -0.15) is 0 Å². The van der Waals surface area contributed by atoms with Crippen LogP contribution in [0.2, 0.25) is 0 Å². The number of anilines is 1. The van der Waals surface area contributed by atoms with Gasteiger partial charge < -0.3 is 35.4 Å². The first-order valence-electron chi connectivity index (χ1n) is 10.5. The van der Waals surface area contributed by atoms with Gasteiger partial charge >= 0.3 is 36.9 Å². The first-order valence-corrected chi connectivity index (χ1v) is 10.5. The zero-order valence-corrected chi connectivity index (χ0v) is 20.2. The number of hydrogen-bond donors (Lipinski definition) is 1. The summed E-state index contributed by atoms with van der Waals surface area (Å²) in [6.07, 6.45) is 0. The molecule has 1 aromatic carbocycles. The molecule has 0 aliphatic carbocycles. The van der Waals surface area contributed by atoms with E-state index in [1.165, 1.54) is 0 Å². The molecule has 0 radical (unpaired) electrons. The van der Waals surface area contributed by atoms with Crippen LogP contribution in [0.25, 0.3) is 0 Å². The summed E-state index contributed by atoms with van der Waals surface area (Å²) in [5, 5.41) is 33.5. The van der Waals surface area contributed by atoms with Crippen LogP contribution in [0.1, 0.15) is 5.56 Å². The van der Waals surface area contributed by atoms with E-state index in [1.54, 1.807) is 14.7 Å². The van der Waals surface area contributed by atoms with Gasteiger partial charge in [0, 0.05) is 84.2 Å². The molecule has 0 saturated carbocycles. The van der Waals surface area contributed by atoms with Crippen molar-refractivity contribution in [1.29, 1.82) is 0 Å². The largest absolute Gasteiger partial charge is 3.00 e. The van der Waals surface area contributed by atoms with Crippen LogP contribution in [0, 0.1) is 36.9 Å². The Morgan fingerprint density at radius 1 is 0.636 bits per heavy atom. The van der Waals surface area contributed by atoms with Crippen LogP contribution in [0.4, 0.5) is 5.69 Å². The molecule has 2 N–H and O–H groups in total. The van der Waals surface area contributed by atoms with Gasteiger partial charge in [-0.05, 0) is 17.7 Å². The summed E-state index contributed by atoms with van der Waals surface area (Å²) in [5.41, 5.74) is 7.44. The van der Waals surface area contributed by atoms with Crippen LogP contribution in [0.15, 0.2) is 24.3 Å². The third kappa shape index (κ3) is 12.5. The Morgan fingerprint density at radius 3 is 1.24 bits per heavy atom. The number of carboxylic acids is 3. The molecule has 1 fully saturated rings. The van der Waals surface area contributed by atoms with E-state index in [0.717, 1.165) is 5.56 Å². The fourth-order valence-corrected chi connectivity index (χ4v) is 3.64. The summed E-state index contributed by atoms with van der Waals surface area (Å²) in [6, 6.07) is 7.45. The van der Waals surface area contributed by atoms with Gasteiger partial charge in [0.05, 0.1) is 17.9 Å². The van der Waals surface area contributed by atoms with Crippen LogP contribution >= 0.6 is 0 Å². The first kappa shape index (κ1) is 29.5. The molecule has 0 bridgehead atoms. The van der Waals surface area contributed by atoms with Crippen molar-refractivity contribution in [3.63, 3.8) is 0 Å². The van der Waals surface area contributed by atoms with Crippen molar-refractivity contribution in [2.24, 2.45) is 0 Å². The van der Waals surface area contributed by atoms with Crippen molar-refractivity contribution < 1.29 is 66.6 Å². The second-order valence-electron chi connectivity index (χ2n) is 7.96. The van der Waals surface area contributed by atoms with Gasteiger partial charge in [0.15, 0.2) is 0 Å². The van der Waals surface area contributed by atoms with Crippen molar-refractivity contribution in [1.82, 2.24) is 19.6 Å². The second-order valence-corrected chi connectivity index (χ2v) is 7.96. The Balaban J connectivity index is 0.00000544. The normalized spacial score (nSPS) is 17.9. The van der Waals surface area contributed by atoms with Crippen LogP contribution in [-0.4, -0.2) is 109 Å². The molecule has 33 heavy (non-hydrogen) atoms. The van der Waals surface area contributed by atoms with E-state index in [2.05, 4.69) is 4.90 Å². The van der Waals surface area contributed by atoms with E-state index >= 15 is 0 Å². The number of aliphatic carboxylic acids is 3. The number of carboxylic acid groups (broad SMARTS) is 3. The fourth-order valence-electron chi connectivity index (χ4n) is 3.64. The molecule has 1 heterocycles. The third-order valence-corrected chi connectivity index (χ3v) is 5.37. The summed E-state index contributed by atoms with van der Waals surface area (Å²) in [4.78, 5) is 40.6. The van der Waals surface area contributed by atoms with E-state index in [0.29, 0.717) is 64.6 Å². The fraction of sp³-hybridized carbons (Fsp3) is 0.571. The molecule has 2 rings (SSSR count). The van der Waals surface area contributed by atoms with E-state index < -0.39 is 17.9 Å². The number of benzene rings is 1. The molecular weight excluding hydrogens is 587 g/mol. The standard InChI is InChI=1S/C21H33N5O6.Tm/c22-18-3-1-17(2-4-18)13-23-5-7-24(14-19(27)28)9-11-26(16-21(31)32)12-10-25(8-6-23)15-20(29)30;/h1-4H,5-16,22H2,(H,27,28)(H,29,30)(H,31,32);/q;+3/p-3. The van der Waals surface area contributed by atoms with Crippen LogP contribution < -0.4 is 21.1 Å². The van der Waals surface area contributed by atoms with Crippen molar-refractivity contribution in [2.45, 2.75) is 6.54 Å². The second kappa shape index (κ2) is 15.4. The van der Waals surface area contributed by atoms with Gasteiger partial charge in [-0.15, -0.1) is 0 Å². The molecule has 0 amide bonds. The molecule has 0 unspecified atom stereocenters. The van der Waals surface area contributed by atoms with Gasteiger partial charge in [0.2, 0.25) is 0 Å². The Hall–Kier alpha value is -1.50. The van der Waals surface area contributed by atoms with E-state index in [-0.39, 0.29) is 56.5 Å². The van der Waals surface area contributed by atoms with Gasteiger partial charge in [0.1, 0.15) is 0 Å². The Morgan fingerprint density at radius 2 is 0.939 bits per heavy atom. The number of nitrogens with zero attached hydrogens (tertiary/aromatic N) is 4. The summed E-state index contributed by atoms with van der Waals surface area (Å²) >= 11 is 0. The van der Waals surface area contributed by atoms with Crippen molar-refractivity contribution >= 4 is 23.6 Å². The Labute approximate surface area is 222 Å². The molecule has 11 nitrogen and oxygen atoms in total. The summed E-state index contributed by atoms with van der Waals surface area (Å²) in [7, 11) is 0. The van der Waals surface area contributed by atoms with Crippen LogP contribution in [-0.2, 0) is 20.9 Å². The Bertz CT molecular complexity index is 734. The number of hydrogen-bond acceptors (Lipinski definition) is 11. The minimum absolute atomic E-state index is 0. The topological polar surface area (TPSA) is 159 Å². The maximum absolute atomic E-state index is 11.2. The minimum atomic E-state index is -1.25. The van der Waals surface area contributed by atoms with Gasteiger partial charge in [-0.1, -0.05) is 12.1 Å². The summed E-state index contributed by atoms with van der Waals surface area (Å²) < 4.78 is 0. The van der Waals surface area contributed by atoms with Gasteiger partial charge in [-0.3, -0.25) is 19.6 Å². The zero-order valence-electron chi connectivity index (χ0n) is 18.4. The van der Waals surface area contributed by atoms with Crippen molar-refractivity contribution in [3.8, 4) is 0 Å². The van der Waals surface area contributed by atoms with Crippen LogP contribution in [0.3, 0.4) is 0 Å². The average molecular weight is 617 g/mol. The number of nitrogen functional groups attached to an aromatic ring is 1. The molecule has 12 heteroatoms. The number of nitrogens with two attached hydrogens (primary N) is 1. The Kier molecular flexibility index (Phi) is 13.8. The van der Waals surface area contributed by atoms with Gasteiger partial charge in [0.25, 0.3) is 0 Å². The van der Waals surface area contributed by atoms with E-state index in [9.17, 15) is 29.7 Å². The summed E-state index contributed by atoms with van der Waals surface area (Å²) in [5.74, 6) is -3.65. The molecule has 1 aliphatic heterocycles. The maximum Gasteiger partial charge on any atom is 3.00 e. The maximum atomic E-state index is 11.2. The van der Waals surface area contributed by atoms with Crippen molar-refractivity contribution in [2.75, 3.05) is 77.7 Å². The van der Waals surface area contributed by atoms with Crippen molar-refractivity contribution in [3.05, 3.63) is 29.8 Å². The molecule has 0 spiro atoms. The van der Waals surface area contributed by atoms with E-state index in [4.69, 9.17) is 5.73 Å². The zero-order chi connectivity index (χ0) is 23.5. The number of carbonyl (C=O) groups excluding carboxylic acids is 3. The molecule has 1 saturated heterocycles. The predicted molar refractivity (Wildman–Crippen MR) is 110 cm³/mol. The monoisotopic (exact) mass is 617 g/mol. The predicted octanol–water partition coefficient (Wildman–Crippen LogP) is -4.76. The molecule has 0 atom stereocenters. The molecule has 1 aliphatic rings. The molecule has 1 aromatic rings. The number of rotatable bonds is 8. The molecule has 188 valence electrons. The quantitative estimate of drug-likeness (QED) is 0.279. The van der Waals surface area contributed by atoms with Gasteiger partial charge in [-0.25, -0.2) is 0 Å². The summed E-state index contributed by atoms with van der Waals surface area (Å²) in [6.45, 7) is 2.97. The smallest absolute Gasteiger partial charge is 0.549 e. The minimum Gasteiger partial charge on any atom is -0.549 e. The average Bonchev–Trinajstić information content (AvgIpc) is 2.70. The number of carbonyl (C=O) groups is 3. The molecular formula is C21H30N5O6Tm.